The van der Waals surface area contributed by atoms with Crippen LogP contribution in [0.1, 0.15) is 11.1 Å². The first-order valence-corrected chi connectivity index (χ1v) is 8.82. The number of aromatic hydroxyl groups is 1. The Hall–Kier alpha value is -1.60. The van der Waals surface area contributed by atoms with Crippen LogP contribution in [0.25, 0.3) is 5.32 Å². The predicted octanol–water partition coefficient (Wildman–Crippen LogP) is 1.33. The molecular weight excluding hydrogens is 386 g/mol. The van der Waals surface area contributed by atoms with Gasteiger partial charge in [-0.1, -0.05) is 42.5 Å². The summed E-state index contributed by atoms with van der Waals surface area (Å²) in [5.74, 6) is 0.446. The summed E-state index contributed by atoms with van der Waals surface area (Å²) in [5, 5.41) is 26.6. The molecule has 0 aromatic heterocycles. The minimum Gasteiger partial charge on any atom is -0.872 e. The fourth-order valence-corrected chi connectivity index (χ4v) is 3.12. The summed E-state index contributed by atoms with van der Waals surface area (Å²) >= 11 is 0. The van der Waals surface area contributed by atoms with Crippen LogP contribution in [-0.4, -0.2) is 59.7 Å². The van der Waals surface area contributed by atoms with Crippen LogP contribution in [-0.2, 0) is 30.2 Å². The number of nitrogens with zero attached hydrogens (tertiary/aromatic N) is 3. The summed E-state index contributed by atoms with van der Waals surface area (Å²) < 4.78 is 0. The van der Waals surface area contributed by atoms with Gasteiger partial charge in [0.15, 0.2) is 0 Å². The molecule has 0 saturated carbocycles. The van der Waals surface area contributed by atoms with E-state index in [0.717, 1.165) is 50.4 Å². The summed E-state index contributed by atoms with van der Waals surface area (Å²) in [6, 6.07) is 14.7. The smallest absolute Gasteiger partial charge is 0.872 e. The van der Waals surface area contributed by atoms with Crippen LogP contribution >= 0.6 is 0 Å². The van der Waals surface area contributed by atoms with Crippen molar-refractivity contribution in [3.05, 3.63) is 65.0 Å². The topological polar surface area (TPSA) is 95.4 Å². The second-order valence-electron chi connectivity index (χ2n) is 6.46. The third-order valence-electron chi connectivity index (χ3n) is 4.63. The Balaban J connectivity index is 0.00000182. The van der Waals surface area contributed by atoms with Gasteiger partial charge >= 0.3 is 17.1 Å². The van der Waals surface area contributed by atoms with Gasteiger partial charge in [-0.15, -0.1) is 18.8 Å². The summed E-state index contributed by atoms with van der Waals surface area (Å²) in [7, 11) is 0. The van der Waals surface area contributed by atoms with Crippen LogP contribution in [0.2, 0.25) is 0 Å². The minimum absolute atomic E-state index is 0. The Labute approximate surface area is 171 Å². The van der Waals surface area contributed by atoms with Crippen LogP contribution in [0.5, 0.6) is 11.5 Å². The Morgan fingerprint density at radius 2 is 1.33 bits per heavy atom. The Kier molecular flexibility index (Phi) is 10.4. The van der Waals surface area contributed by atoms with E-state index in [0.29, 0.717) is 18.8 Å². The molecule has 0 bridgehead atoms. The molecule has 6 nitrogen and oxygen atoms in total. The third-order valence-corrected chi connectivity index (χ3v) is 4.63. The Morgan fingerprint density at radius 3 is 1.93 bits per heavy atom. The molecule has 0 atom stereocenters. The van der Waals surface area contributed by atoms with E-state index in [4.69, 9.17) is 0 Å². The van der Waals surface area contributed by atoms with E-state index in [2.05, 4.69) is 15.1 Å². The molecule has 147 valence electrons. The van der Waals surface area contributed by atoms with E-state index in [-0.39, 0.29) is 28.3 Å². The molecule has 0 unspecified atom stereocenters. The SMILES string of the molecule is O.[Fe+3].[O-]c1ccccc1CN1CC[N-]CCN(Cc2ccccc2O)CC1. The molecule has 1 aliphatic heterocycles. The number of phenolic OH excluding ortho intramolecular Hbond substituents is 1. The van der Waals surface area contributed by atoms with Crippen molar-refractivity contribution in [2.24, 2.45) is 0 Å². The zero-order chi connectivity index (χ0) is 17.5. The van der Waals surface area contributed by atoms with Crippen molar-refractivity contribution < 1.29 is 32.8 Å². The molecule has 1 heterocycles. The first kappa shape index (κ1) is 23.4. The molecule has 27 heavy (non-hydrogen) atoms. The maximum absolute atomic E-state index is 12.0. The van der Waals surface area contributed by atoms with Gasteiger partial charge in [0.05, 0.1) is 0 Å². The average Bonchev–Trinajstić information content (AvgIpc) is 2.72. The van der Waals surface area contributed by atoms with E-state index in [1.54, 1.807) is 18.2 Å². The summed E-state index contributed by atoms with van der Waals surface area (Å²) in [5.41, 5.74) is 1.78. The van der Waals surface area contributed by atoms with Gasteiger partial charge in [-0.2, -0.15) is 0 Å². The van der Waals surface area contributed by atoms with Gasteiger partial charge in [0.2, 0.25) is 0 Å². The van der Waals surface area contributed by atoms with Crippen LogP contribution < -0.4 is 5.11 Å². The molecule has 0 spiro atoms. The first-order valence-electron chi connectivity index (χ1n) is 8.82. The largest absolute Gasteiger partial charge is 3.00 e. The van der Waals surface area contributed by atoms with Crippen molar-refractivity contribution in [3.8, 4) is 11.5 Å². The van der Waals surface area contributed by atoms with Crippen molar-refractivity contribution in [2.45, 2.75) is 13.1 Å². The molecule has 2 aromatic carbocycles. The van der Waals surface area contributed by atoms with Gasteiger partial charge in [-0.05, 0) is 24.7 Å². The number of benzene rings is 2. The monoisotopic (exact) mass is 413 g/mol. The number of para-hydroxylation sites is 2. The molecule has 2 aromatic rings. The van der Waals surface area contributed by atoms with Gasteiger partial charge < -0.3 is 21.0 Å². The molecule has 3 rings (SSSR count). The van der Waals surface area contributed by atoms with Crippen molar-refractivity contribution in [3.63, 3.8) is 0 Å². The van der Waals surface area contributed by atoms with Gasteiger partial charge in [0.25, 0.3) is 0 Å². The number of rotatable bonds is 4. The Bertz CT molecular complexity index is 630. The maximum Gasteiger partial charge on any atom is 3.00 e. The van der Waals surface area contributed by atoms with E-state index < -0.39 is 0 Å². The molecule has 3 N–H and O–H groups in total. The predicted molar refractivity (Wildman–Crippen MR) is 101 cm³/mol. The third kappa shape index (κ3) is 7.14. The summed E-state index contributed by atoms with van der Waals surface area (Å²) in [6.07, 6.45) is 0. The van der Waals surface area contributed by atoms with Crippen LogP contribution in [0.15, 0.2) is 48.5 Å². The van der Waals surface area contributed by atoms with E-state index in [1.807, 2.05) is 30.3 Å². The molecule has 7 heteroatoms. The van der Waals surface area contributed by atoms with Crippen molar-refractivity contribution in [1.82, 2.24) is 9.80 Å². The second-order valence-corrected chi connectivity index (χ2v) is 6.46. The zero-order valence-electron chi connectivity index (χ0n) is 15.3. The van der Waals surface area contributed by atoms with Crippen molar-refractivity contribution in [1.29, 1.82) is 0 Å². The Morgan fingerprint density at radius 1 is 0.815 bits per heavy atom. The molecule has 0 amide bonds. The molecule has 1 fully saturated rings. The number of hydrogen-bond donors (Lipinski definition) is 1. The van der Waals surface area contributed by atoms with E-state index in [1.165, 1.54) is 0 Å². The van der Waals surface area contributed by atoms with Gasteiger partial charge in [-0.3, -0.25) is 9.80 Å². The van der Waals surface area contributed by atoms with Crippen LogP contribution in [0.3, 0.4) is 0 Å². The summed E-state index contributed by atoms with van der Waals surface area (Å²) in [4.78, 5) is 4.61. The van der Waals surface area contributed by atoms with E-state index in [9.17, 15) is 10.2 Å². The van der Waals surface area contributed by atoms with Crippen LogP contribution in [0, 0.1) is 0 Å². The van der Waals surface area contributed by atoms with Crippen molar-refractivity contribution in [2.75, 3.05) is 39.3 Å². The quantitative estimate of drug-likeness (QED) is 0.766. The van der Waals surface area contributed by atoms with E-state index >= 15 is 0 Å². The standard InChI is InChI=1S/C20H26N3O2.Fe.H2O/c24-19-7-3-1-5-17(19)15-22-11-9-21-10-12-23(14-13-22)16-18-6-2-4-8-20(18)25;;/h1-8,24-25H,9-16H2;;1H2/q-1;+3;/p-1. The summed E-state index contributed by atoms with van der Waals surface area (Å²) in [6.45, 7) is 6.53. The fourth-order valence-electron chi connectivity index (χ4n) is 3.12. The van der Waals surface area contributed by atoms with Gasteiger partial charge in [0, 0.05) is 31.7 Å². The fraction of sp³-hybridized carbons (Fsp3) is 0.400. The average molecular weight is 413 g/mol. The number of phenols is 1. The van der Waals surface area contributed by atoms with Gasteiger partial charge in [0.1, 0.15) is 5.75 Å². The molecule has 0 aliphatic carbocycles. The second kappa shape index (κ2) is 12.0. The molecule has 1 aliphatic rings. The number of hydrogen-bond acceptors (Lipinski definition) is 4. The van der Waals surface area contributed by atoms with Crippen molar-refractivity contribution >= 4 is 0 Å². The molecule has 1 radical (unpaired) electrons. The maximum atomic E-state index is 12.0. The normalized spacial score (nSPS) is 16.3. The van der Waals surface area contributed by atoms with Crippen LogP contribution in [0.4, 0.5) is 0 Å². The molecular formula is C20H27FeN3O3+. The minimum atomic E-state index is 0. The zero-order valence-corrected chi connectivity index (χ0v) is 16.4. The van der Waals surface area contributed by atoms with Gasteiger partial charge in [-0.25, -0.2) is 0 Å². The molecule has 1 saturated heterocycles. The first-order chi connectivity index (χ1) is 12.2.